The van der Waals surface area contributed by atoms with Crippen LogP contribution >= 0.6 is 24.8 Å². The molecule has 0 saturated carbocycles. The Morgan fingerprint density at radius 2 is 2.05 bits per heavy atom. The van der Waals surface area contributed by atoms with E-state index in [-0.39, 0.29) is 24.8 Å². The summed E-state index contributed by atoms with van der Waals surface area (Å²) in [6, 6.07) is 0. The fraction of sp³-hybridized carbons (Fsp3) is 0.833. The Morgan fingerprint density at radius 3 is 2.63 bits per heavy atom. The van der Waals surface area contributed by atoms with E-state index in [1.165, 1.54) is 19.4 Å². The minimum atomic E-state index is 0. The van der Waals surface area contributed by atoms with Crippen LogP contribution < -0.4 is 5.73 Å². The van der Waals surface area contributed by atoms with Crippen molar-refractivity contribution < 1.29 is 0 Å². The van der Waals surface area contributed by atoms with Gasteiger partial charge in [-0.05, 0) is 39.2 Å². The predicted molar refractivity (Wildman–Crippen MR) is 82.2 cm³/mol. The maximum absolute atomic E-state index is 5.62. The number of rotatable bonds is 4. The molecule has 0 amide bonds. The Labute approximate surface area is 127 Å². The quantitative estimate of drug-likeness (QED) is 0.913. The lowest BCUT2D eigenvalue weighted by Crippen LogP contribution is -2.39. The number of halogens is 2. The van der Waals surface area contributed by atoms with Crippen LogP contribution in [0.4, 0.5) is 0 Å². The maximum atomic E-state index is 5.62. The lowest BCUT2D eigenvalue weighted by Gasteiger charge is -2.32. The molecule has 112 valence electrons. The topological polar surface area (TPSA) is 60.0 Å². The van der Waals surface area contributed by atoms with Gasteiger partial charge in [0, 0.05) is 26.2 Å². The first kappa shape index (κ1) is 18.6. The van der Waals surface area contributed by atoms with E-state index < -0.39 is 0 Å². The molecule has 1 aromatic heterocycles. The molecule has 2 N–H and O–H groups in total. The molecule has 2 heterocycles. The van der Waals surface area contributed by atoms with Gasteiger partial charge < -0.3 is 10.6 Å². The maximum Gasteiger partial charge on any atom is 0.147 e. The molecular weight excluding hydrogens is 285 g/mol. The predicted octanol–water partition coefficient (Wildman–Crippen LogP) is 1.41. The minimum absolute atomic E-state index is 0. The summed E-state index contributed by atoms with van der Waals surface area (Å²) in [4.78, 5) is 6.82. The Balaban J connectivity index is 0.00000162. The van der Waals surface area contributed by atoms with Crippen molar-refractivity contribution in [2.45, 2.75) is 33.2 Å². The largest absolute Gasteiger partial charge is 0.329 e. The van der Waals surface area contributed by atoms with Gasteiger partial charge in [0.1, 0.15) is 11.6 Å². The van der Waals surface area contributed by atoms with Gasteiger partial charge >= 0.3 is 0 Å². The summed E-state index contributed by atoms with van der Waals surface area (Å²) in [5.41, 5.74) is 5.62. The van der Waals surface area contributed by atoms with E-state index in [2.05, 4.69) is 15.0 Å². The zero-order valence-corrected chi connectivity index (χ0v) is 13.3. The first-order valence-corrected chi connectivity index (χ1v) is 6.49. The zero-order valence-electron chi connectivity index (χ0n) is 11.7. The monoisotopic (exact) mass is 309 g/mol. The van der Waals surface area contributed by atoms with Gasteiger partial charge in [-0.15, -0.1) is 24.8 Å². The van der Waals surface area contributed by atoms with Gasteiger partial charge in [0.2, 0.25) is 0 Å². The molecule has 0 radical (unpaired) electrons. The SMILES string of the molecule is Cc1nc(C)n(CC2CCCN(CCN)C2)n1.Cl.Cl. The van der Waals surface area contributed by atoms with Gasteiger partial charge in [-0.3, -0.25) is 0 Å². The van der Waals surface area contributed by atoms with Crippen LogP contribution in [0.3, 0.4) is 0 Å². The first-order chi connectivity index (χ1) is 8.19. The van der Waals surface area contributed by atoms with Gasteiger partial charge in [0.05, 0.1) is 0 Å². The summed E-state index contributed by atoms with van der Waals surface area (Å²) in [5.74, 6) is 2.59. The molecule has 5 nitrogen and oxygen atoms in total. The molecule has 0 aromatic carbocycles. The highest BCUT2D eigenvalue weighted by Crippen LogP contribution is 2.18. The fourth-order valence-electron chi connectivity index (χ4n) is 2.66. The molecule has 1 aliphatic heterocycles. The smallest absolute Gasteiger partial charge is 0.147 e. The van der Waals surface area contributed by atoms with Crippen molar-refractivity contribution in [3.05, 3.63) is 11.6 Å². The number of aryl methyl sites for hydroxylation is 2. The second-order valence-corrected chi connectivity index (χ2v) is 4.99. The summed E-state index contributed by atoms with van der Waals surface area (Å²) in [7, 11) is 0. The van der Waals surface area contributed by atoms with Crippen molar-refractivity contribution in [2.24, 2.45) is 11.7 Å². The van der Waals surface area contributed by atoms with Crippen LogP contribution in [0.2, 0.25) is 0 Å². The fourth-order valence-corrected chi connectivity index (χ4v) is 2.66. The molecular formula is C12H25Cl2N5. The third kappa shape index (κ3) is 5.26. The average Bonchev–Trinajstić information content (AvgIpc) is 2.58. The van der Waals surface area contributed by atoms with Crippen LogP contribution in [0.25, 0.3) is 0 Å². The number of hydrogen-bond acceptors (Lipinski definition) is 4. The molecule has 1 saturated heterocycles. The summed E-state index contributed by atoms with van der Waals surface area (Å²) in [6.07, 6.45) is 2.57. The molecule has 1 atom stereocenters. The van der Waals surface area contributed by atoms with E-state index in [1.807, 2.05) is 18.5 Å². The molecule has 7 heteroatoms. The van der Waals surface area contributed by atoms with Crippen molar-refractivity contribution in [2.75, 3.05) is 26.2 Å². The minimum Gasteiger partial charge on any atom is -0.329 e. The van der Waals surface area contributed by atoms with E-state index in [9.17, 15) is 0 Å². The zero-order chi connectivity index (χ0) is 12.3. The van der Waals surface area contributed by atoms with E-state index in [4.69, 9.17) is 5.73 Å². The second kappa shape index (κ2) is 8.74. The number of nitrogens with two attached hydrogens (primary N) is 1. The van der Waals surface area contributed by atoms with Crippen LogP contribution in [-0.4, -0.2) is 45.8 Å². The van der Waals surface area contributed by atoms with Crippen LogP contribution in [0, 0.1) is 19.8 Å². The van der Waals surface area contributed by atoms with Gasteiger partial charge in [0.15, 0.2) is 0 Å². The number of aromatic nitrogens is 3. The van der Waals surface area contributed by atoms with Crippen LogP contribution in [0.1, 0.15) is 24.5 Å². The third-order valence-electron chi connectivity index (χ3n) is 3.44. The van der Waals surface area contributed by atoms with Crippen molar-refractivity contribution in [1.29, 1.82) is 0 Å². The highest BCUT2D eigenvalue weighted by atomic mass is 35.5. The summed E-state index contributed by atoms with van der Waals surface area (Å²) >= 11 is 0. The van der Waals surface area contributed by atoms with Crippen molar-refractivity contribution >= 4 is 24.8 Å². The Hall–Kier alpha value is -0.360. The third-order valence-corrected chi connectivity index (χ3v) is 3.44. The van der Waals surface area contributed by atoms with E-state index in [0.717, 1.165) is 37.8 Å². The molecule has 1 unspecified atom stereocenters. The highest BCUT2D eigenvalue weighted by Gasteiger charge is 2.20. The molecule has 1 fully saturated rings. The highest BCUT2D eigenvalue weighted by molar-refractivity contribution is 5.85. The summed E-state index contributed by atoms with van der Waals surface area (Å²) < 4.78 is 2.05. The molecule has 0 bridgehead atoms. The van der Waals surface area contributed by atoms with Crippen molar-refractivity contribution in [3.8, 4) is 0 Å². The molecule has 1 aromatic rings. The number of likely N-dealkylation sites (tertiary alicyclic amines) is 1. The second-order valence-electron chi connectivity index (χ2n) is 4.99. The van der Waals surface area contributed by atoms with Crippen molar-refractivity contribution in [3.63, 3.8) is 0 Å². The van der Waals surface area contributed by atoms with E-state index >= 15 is 0 Å². The van der Waals surface area contributed by atoms with Crippen LogP contribution in [-0.2, 0) is 6.54 Å². The van der Waals surface area contributed by atoms with Gasteiger partial charge in [-0.1, -0.05) is 0 Å². The van der Waals surface area contributed by atoms with E-state index in [0.29, 0.717) is 5.92 Å². The number of hydrogen-bond donors (Lipinski definition) is 1. The molecule has 19 heavy (non-hydrogen) atoms. The van der Waals surface area contributed by atoms with Crippen molar-refractivity contribution in [1.82, 2.24) is 19.7 Å². The first-order valence-electron chi connectivity index (χ1n) is 6.49. The van der Waals surface area contributed by atoms with Gasteiger partial charge in [0.25, 0.3) is 0 Å². The van der Waals surface area contributed by atoms with Crippen LogP contribution in [0.15, 0.2) is 0 Å². The average molecular weight is 310 g/mol. The Bertz CT molecular complexity index is 367. The molecule has 0 spiro atoms. The lowest BCUT2D eigenvalue weighted by molar-refractivity contribution is 0.163. The summed E-state index contributed by atoms with van der Waals surface area (Å²) in [6.45, 7) is 9.10. The molecule has 2 rings (SSSR count). The Kier molecular flexibility index (Phi) is 8.57. The standard InChI is InChI=1S/C12H23N5.2ClH/c1-10-14-11(2)17(15-10)9-12-4-3-6-16(8-12)7-5-13;;/h12H,3-9,13H2,1-2H3;2*1H. The number of piperidine rings is 1. The van der Waals surface area contributed by atoms with E-state index in [1.54, 1.807) is 0 Å². The summed E-state index contributed by atoms with van der Waals surface area (Å²) in [5, 5.41) is 4.44. The lowest BCUT2D eigenvalue weighted by atomic mass is 9.98. The van der Waals surface area contributed by atoms with Gasteiger partial charge in [-0.25, -0.2) is 9.67 Å². The van der Waals surface area contributed by atoms with Crippen LogP contribution in [0.5, 0.6) is 0 Å². The van der Waals surface area contributed by atoms with Gasteiger partial charge in [-0.2, -0.15) is 5.10 Å². The molecule has 1 aliphatic rings. The molecule has 0 aliphatic carbocycles. The number of nitrogens with zero attached hydrogens (tertiary/aromatic N) is 4. The normalized spacial score (nSPS) is 19.6. The Morgan fingerprint density at radius 1 is 1.32 bits per heavy atom.